The third-order valence-electron chi connectivity index (χ3n) is 4.03. The summed E-state index contributed by atoms with van der Waals surface area (Å²) < 4.78 is 0. The van der Waals surface area contributed by atoms with Gasteiger partial charge in [-0.2, -0.15) is 0 Å². The van der Waals surface area contributed by atoms with Gasteiger partial charge in [-0.25, -0.2) is 4.79 Å². The average molecular weight is 213 g/mol. The molecule has 1 amide bonds. The molecule has 0 aromatic rings. The molecule has 0 radical (unpaired) electrons. The molecule has 0 spiro atoms. The Bertz CT molecular complexity index is 265. The molecule has 1 heterocycles. The van der Waals surface area contributed by atoms with Crippen LogP contribution in [0.25, 0.3) is 0 Å². The van der Waals surface area contributed by atoms with E-state index in [9.17, 15) is 9.90 Å². The molecular formula is C11H19NO3. The van der Waals surface area contributed by atoms with Crippen molar-refractivity contribution in [2.24, 2.45) is 5.92 Å². The highest BCUT2D eigenvalue weighted by atomic mass is 16.4. The number of piperidine rings is 1. The standard InChI is InChI=1S/C11H19NO3/c1-11(15)6-7-12(10(13)14)9-5-3-2-4-8(9)11/h8-9,15H,2-7H2,1H3,(H,13,14). The van der Waals surface area contributed by atoms with E-state index in [0.717, 1.165) is 25.7 Å². The second-order valence-corrected chi connectivity index (χ2v) is 5.04. The van der Waals surface area contributed by atoms with Crippen LogP contribution in [0.2, 0.25) is 0 Å². The van der Waals surface area contributed by atoms with E-state index < -0.39 is 11.7 Å². The number of likely N-dealkylation sites (tertiary alicyclic amines) is 1. The highest BCUT2D eigenvalue weighted by Crippen LogP contribution is 2.41. The minimum Gasteiger partial charge on any atom is -0.465 e. The molecule has 0 aromatic heterocycles. The fourth-order valence-electron chi connectivity index (χ4n) is 3.15. The smallest absolute Gasteiger partial charge is 0.407 e. The van der Waals surface area contributed by atoms with Crippen LogP contribution in [0.5, 0.6) is 0 Å². The van der Waals surface area contributed by atoms with Crippen LogP contribution in [0, 0.1) is 5.92 Å². The second-order valence-electron chi connectivity index (χ2n) is 5.04. The lowest BCUT2D eigenvalue weighted by atomic mass is 9.70. The third kappa shape index (κ3) is 1.83. The van der Waals surface area contributed by atoms with Crippen molar-refractivity contribution < 1.29 is 15.0 Å². The number of rotatable bonds is 0. The van der Waals surface area contributed by atoms with E-state index in [2.05, 4.69) is 0 Å². The second kappa shape index (κ2) is 3.67. The molecule has 1 saturated heterocycles. The Balaban J connectivity index is 2.19. The number of nitrogens with zero attached hydrogens (tertiary/aromatic N) is 1. The van der Waals surface area contributed by atoms with Gasteiger partial charge in [0, 0.05) is 18.5 Å². The highest BCUT2D eigenvalue weighted by Gasteiger charge is 2.46. The van der Waals surface area contributed by atoms with Crippen molar-refractivity contribution in [1.82, 2.24) is 4.90 Å². The summed E-state index contributed by atoms with van der Waals surface area (Å²) in [6.45, 7) is 2.33. The van der Waals surface area contributed by atoms with Crippen LogP contribution >= 0.6 is 0 Å². The van der Waals surface area contributed by atoms with Crippen molar-refractivity contribution in [3.05, 3.63) is 0 Å². The molecule has 2 fully saturated rings. The normalized spacial score (nSPS) is 41.1. The van der Waals surface area contributed by atoms with Gasteiger partial charge in [0.1, 0.15) is 0 Å². The Kier molecular flexibility index (Phi) is 2.63. The molecule has 3 unspecified atom stereocenters. The van der Waals surface area contributed by atoms with Gasteiger partial charge in [0.25, 0.3) is 0 Å². The summed E-state index contributed by atoms with van der Waals surface area (Å²) in [4.78, 5) is 12.6. The quantitative estimate of drug-likeness (QED) is 0.643. The average Bonchev–Trinajstić information content (AvgIpc) is 2.17. The highest BCUT2D eigenvalue weighted by molar-refractivity contribution is 5.65. The lowest BCUT2D eigenvalue weighted by Crippen LogP contribution is -2.58. The van der Waals surface area contributed by atoms with Gasteiger partial charge in [-0.3, -0.25) is 0 Å². The number of fused-ring (bicyclic) bond motifs is 1. The van der Waals surface area contributed by atoms with Gasteiger partial charge in [-0.1, -0.05) is 12.8 Å². The summed E-state index contributed by atoms with van der Waals surface area (Å²) in [5, 5.41) is 19.3. The first-order valence-electron chi connectivity index (χ1n) is 5.74. The monoisotopic (exact) mass is 213 g/mol. The van der Waals surface area contributed by atoms with Crippen molar-refractivity contribution in [3.63, 3.8) is 0 Å². The van der Waals surface area contributed by atoms with E-state index in [-0.39, 0.29) is 12.0 Å². The zero-order valence-electron chi connectivity index (χ0n) is 9.15. The zero-order valence-corrected chi connectivity index (χ0v) is 9.15. The molecule has 2 aliphatic rings. The van der Waals surface area contributed by atoms with Crippen molar-refractivity contribution in [2.75, 3.05) is 6.54 Å². The maximum Gasteiger partial charge on any atom is 0.407 e. The fourth-order valence-corrected chi connectivity index (χ4v) is 3.15. The van der Waals surface area contributed by atoms with Gasteiger partial charge in [-0.15, -0.1) is 0 Å². The van der Waals surface area contributed by atoms with E-state index in [0.29, 0.717) is 13.0 Å². The summed E-state index contributed by atoms with van der Waals surface area (Å²) in [5.41, 5.74) is -0.670. The minimum absolute atomic E-state index is 0.0417. The van der Waals surface area contributed by atoms with Crippen molar-refractivity contribution in [1.29, 1.82) is 0 Å². The van der Waals surface area contributed by atoms with E-state index in [1.807, 2.05) is 6.92 Å². The number of amides is 1. The number of carbonyl (C=O) groups is 1. The summed E-state index contributed by atoms with van der Waals surface area (Å²) in [6.07, 6.45) is 3.81. The van der Waals surface area contributed by atoms with Crippen molar-refractivity contribution in [2.45, 2.75) is 50.7 Å². The van der Waals surface area contributed by atoms with Crippen molar-refractivity contribution in [3.8, 4) is 0 Å². The first-order valence-corrected chi connectivity index (χ1v) is 5.74. The van der Waals surface area contributed by atoms with Crippen LogP contribution in [-0.2, 0) is 0 Å². The molecule has 0 aromatic carbocycles. The van der Waals surface area contributed by atoms with E-state index in [1.54, 1.807) is 0 Å². The maximum atomic E-state index is 11.1. The molecule has 1 saturated carbocycles. The molecule has 1 aliphatic heterocycles. The molecule has 86 valence electrons. The van der Waals surface area contributed by atoms with Gasteiger partial charge < -0.3 is 15.1 Å². The molecule has 0 bridgehead atoms. The third-order valence-corrected chi connectivity index (χ3v) is 4.03. The largest absolute Gasteiger partial charge is 0.465 e. The first-order chi connectivity index (χ1) is 7.02. The SMILES string of the molecule is CC1(O)CCN(C(=O)O)C2CCCCC21. The fraction of sp³-hybridized carbons (Fsp3) is 0.909. The van der Waals surface area contributed by atoms with Gasteiger partial charge in [-0.05, 0) is 26.2 Å². The van der Waals surface area contributed by atoms with Crippen LogP contribution in [0.4, 0.5) is 4.79 Å². The number of hydrogen-bond acceptors (Lipinski definition) is 2. The van der Waals surface area contributed by atoms with Gasteiger partial charge >= 0.3 is 6.09 Å². The lowest BCUT2D eigenvalue weighted by molar-refractivity contribution is -0.0940. The van der Waals surface area contributed by atoms with Crippen LogP contribution in [0.3, 0.4) is 0 Å². The van der Waals surface area contributed by atoms with Crippen molar-refractivity contribution >= 4 is 6.09 Å². The summed E-state index contributed by atoms with van der Waals surface area (Å²) in [5.74, 6) is 0.135. The molecule has 15 heavy (non-hydrogen) atoms. The zero-order chi connectivity index (χ0) is 11.1. The molecule has 1 aliphatic carbocycles. The minimum atomic E-state index is -0.831. The number of carboxylic acid groups (broad SMARTS) is 1. The molecule has 4 nitrogen and oxygen atoms in total. The molecule has 4 heteroatoms. The predicted octanol–water partition coefficient (Wildman–Crippen LogP) is 1.68. The van der Waals surface area contributed by atoms with Crippen LogP contribution in [0.15, 0.2) is 0 Å². The summed E-state index contributed by atoms with van der Waals surface area (Å²) in [6, 6.07) is 0.0417. The predicted molar refractivity (Wildman–Crippen MR) is 55.7 cm³/mol. The van der Waals surface area contributed by atoms with Gasteiger partial charge in [0.15, 0.2) is 0 Å². The Morgan fingerprint density at radius 3 is 2.73 bits per heavy atom. The molecular weight excluding hydrogens is 194 g/mol. The maximum absolute atomic E-state index is 11.1. The number of hydrogen-bond donors (Lipinski definition) is 2. The van der Waals surface area contributed by atoms with E-state index in [1.165, 1.54) is 4.90 Å². The van der Waals surface area contributed by atoms with E-state index >= 15 is 0 Å². The Morgan fingerprint density at radius 1 is 1.40 bits per heavy atom. The summed E-state index contributed by atoms with van der Waals surface area (Å²) in [7, 11) is 0. The molecule has 2 N–H and O–H groups in total. The van der Waals surface area contributed by atoms with Gasteiger partial charge in [0.05, 0.1) is 5.60 Å². The van der Waals surface area contributed by atoms with Crippen LogP contribution in [-0.4, -0.2) is 39.4 Å². The Labute approximate surface area is 89.9 Å². The summed E-state index contributed by atoms with van der Waals surface area (Å²) >= 11 is 0. The molecule has 3 atom stereocenters. The first kappa shape index (κ1) is 10.7. The topological polar surface area (TPSA) is 60.8 Å². The lowest BCUT2D eigenvalue weighted by Gasteiger charge is -2.50. The Hall–Kier alpha value is -0.770. The molecule has 2 rings (SSSR count). The van der Waals surface area contributed by atoms with Crippen LogP contribution < -0.4 is 0 Å². The number of aliphatic hydroxyl groups is 1. The van der Waals surface area contributed by atoms with E-state index in [4.69, 9.17) is 5.11 Å². The Morgan fingerprint density at radius 2 is 2.07 bits per heavy atom. The van der Waals surface area contributed by atoms with Crippen LogP contribution in [0.1, 0.15) is 39.0 Å². The van der Waals surface area contributed by atoms with Gasteiger partial charge in [0.2, 0.25) is 0 Å².